The Morgan fingerprint density at radius 3 is 2.68 bits per heavy atom. The van der Waals surface area contributed by atoms with Crippen LogP contribution in [0.5, 0.6) is 0 Å². The lowest BCUT2D eigenvalue weighted by Gasteiger charge is -2.31. The molecule has 1 fully saturated rings. The predicted octanol–water partition coefficient (Wildman–Crippen LogP) is 1.29. The molecule has 2 rings (SSSR count). The van der Waals surface area contributed by atoms with Gasteiger partial charge in [-0.2, -0.15) is 0 Å². The third-order valence-electron chi connectivity index (χ3n) is 4.52. The first-order valence-corrected chi connectivity index (χ1v) is 8.94. The number of hydrogen-bond acceptors (Lipinski definition) is 4. The molecule has 25 heavy (non-hydrogen) atoms. The maximum Gasteiger partial charge on any atom is 0.245 e. The van der Waals surface area contributed by atoms with E-state index in [0.29, 0.717) is 19.8 Å². The van der Waals surface area contributed by atoms with Crippen LogP contribution in [0.1, 0.15) is 32.3 Å². The molecule has 1 heterocycles. The number of nitrogens with two attached hydrogens (primary N) is 1. The smallest absolute Gasteiger partial charge is 0.245 e. The first-order chi connectivity index (χ1) is 12.0. The van der Waals surface area contributed by atoms with Gasteiger partial charge in [-0.05, 0) is 24.3 Å². The average molecular weight is 347 g/mol. The standard InChI is InChI=1S/C19H29N3O3/c1-14(2)18(21-17(23)11-20)19(24)22-10-6-9-16(22)13-25-12-15-7-4-3-5-8-15/h3-5,7-8,14,16,18H,6,9-13,20H2,1-2H3,(H,21,23)/t16-,18-/m0/s1. The average Bonchev–Trinajstić information content (AvgIpc) is 3.08. The minimum Gasteiger partial charge on any atom is -0.375 e. The van der Waals surface area contributed by atoms with E-state index in [9.17, 15) is 9.59 Å². The van der Waals surface area contributed by atoms with Crippen LogP contribution in [0.2, 0.25) is 0 Å². The van der Waals surface area contributed by atoms with E-state index in [1.807, 2.05) is 49.1 Å². The number of nitrogens with one attached hydrogen (secondary N) is 1. The third-order valence-corrected chi connectivity index (χ3v) is 4.52. The van der Waals surface area contributed by atoms with E-state index in [4.69, 9.17) is 10.5 Å². The fourth-order valence-electron chi connectivity index (χ4n) is 3.11. The second-order valence-corrected chi connectivity index (χ2v) is 6.82. The van der Waals surface area contributed by atoms with Crippen molar-refractivity contribution in [2.75, 3.05) is 19.7 Å². The van der Waals surface area contributed by atoms with E-state index in [2.05, 4.69) is 5.32 Å². The quantitative estimate of drug-likeness (QED) is 0.742. The van der Waals surface area contributed by atoms with E-state index in [1.165, 1.54) is 0 Å². The zero-order chi connectivity index (χ0) is 18.2. The van der Waals surface area contributed by atoms with Gasteiger partial charge < -0.3 is 20.7 Å². The maximum atomic E-state index is 12.9. The van der Waals surface area contributed by atoms with Crippen LogP contribution in [0.25, 0.3) is 0 Å². The first-order valence-electron chi connectivity index (χ1n) is 8.94. The van der Waals surface area contributed by atoms with E-state index < -0.39 is 6.04 Å². The van der Waals surface area contributed by atoms with Crippen molar-refractivity contribution >= 4 is 11.8 Å². The molecular weight excluding hydrogens is 318 g/mol. The van der Waals surface area contributed by atoms with Crippen molar-refractivity contribution in [1.29, 1.82) is 0 Å². The van der Waals surface area contributed by atoms with Crippen LogP contribution >= 0.6 is 0 Å². The highest BCUT2D eigenvalue weighted by Gasteiger charge is 2.35. The summed E-state index contributed by atoms with van der Waals surface area (Å²) in [5.41, 5.74) is 6.48. The number of rotatable bonds is 8. The van der Waals surface area contributed by atoms with Crippen molar-refractivity contribution < 1.29 is 14.3 Å². The van der Waals surface area contributed by atoms with Crippen LogP contribution in [-0.4, -0.2) is 48.5 Å². The molecule has 1 aromatic carbocycles. The van der Waals surface area contributed by atoms with Crippen LogP contribution < -0.4 is 11.1 Å². The zero-order valence-corrected chi connectivity index (χ0v) is 15.1. The summed E-state index contributed by atoms with van der Waals surface area (Å²) in [4.78, 5) is 26.4. The molecule has 3 N–H and O–H groups in total. The molecule has 1 aromatic rings. The number of ether oxygens (including phenoxy) is 1. The van der Waals surface area contributed by atoms with Crippen LogP contribution in [0.3, 0.4) is 0 Å². The van der Waals surface area contributed by atoms with Crippen molar-refractivity contribution in [3.63, 3.8) is 0 Å². The predicted molar refractivity (Wildman–Crippen MR) is 96.7 cm³/mol. The molecule has 6 nitrogen and oxygen atoms in total. The van der Waals surface area contributed by atoms with Gasteiger partial charge >= 0.3 is 0 Å². The fraction of sp³-hybridized carbons (Fsp3) is 0.579. The minimum absolute atomic E-state index is 0.00878. The van der Waals surface area contributed by atoms with Crippen LogP contribution in [0.15, 0.2) is 30.3 Å². The highest BCUT2D eigenvalue weighted by Crippen LogP contribution is 2.21. The van der Waals surface area contributed by atoms with Crippen LogP contribution in [0, 0.1) is 5.92 Å². The summed E-state index contributed by atoms with van der Waals surface area (Å²) in [6, 6.07) is 9.51. The molecule has 2 amide bonds. The molecule has 6 heteroatoms. The number of carbonyl (C=O) groups excluding carboxylic acids is 2. The molecule has 0 aromatic heterocycles. The lowest BCUT2D eigenvalue weighted by atomic mass is 10.0. The normalized spacial score (nSPS) is 18.4. The summed E-state index contributed by atoms with van der Waals surface area (Å²) in [5.74, 6) is -0.333. The van der Waals surface area contributed by atoms with Crippen LogP contribution in [0.4, 0.5) is 0 Å². The topological polar surface area (TPSA) is 84.7 Å². The zero-order valence-electron chi connectivity index (χ0n) is 15.1. The van der Waals surface area contributed by atoms with Crippen LogP contribution in [-0.2, 0) is 20.9 Å². The number of hydrogen-bond donors (Lipinski definition) is 2. The van der Waals surface area contributed by atoms with Gasteiger partial charge in [-0.1, -0.05) is 44.2 Å². The molecule has 0 unspecified atom stereocenters. The Bertz CT molecular complexity index is 562. The second-order valence-electron chi connectivity index (χ2n) is 6.82. The van der Waals surface area contributed by atoms with E-state index in [0.717, 1.165) is 18.4 Å². The molecule has 1 aliphatic rings. The number of carbonyl (C=O) groups is 2. The monoisotopic (exact) mass is 347 g/mol. The molecular formula is C19H29N3O3. The van der Waals surface area contributed by atoms with Gasteiger partial charge in [-0.15, -0.1) is 0 Å². The SMILES string of the molecule is CC(C)[C@H](NC(=O)CN)C(=O)N1CCC[C@H]1COCc1ccccc1. The number of amides is 2. The van der Waals surface area contributed by atoms with Crippen molar-refractivity contribution in [3.05, 3.63) is 35.9 Å². The Labute approximate surface area is 149 Å². The summed E-state index contributed by atoms with van der Waals surface area (Å²) in [6.07, 6.45) is 1.89. The summed E-state index contributed by atoms with van der Waals surface area (Å²) in [6.45, 7) is 5.50. The summed E-state index contributed by atoms with van der Waals surface area (Å²) < 4.78 is 5.83. The third kappa shape index (κ3) is 5.54. The lowest BCUT2D eigenvalue weighted by molar-refractivity contribution is -0.139. The van der Waals surface area contributed by atoms with E-state index in [1.54, 1.807) is 0 Å². The van der Waals surface area contributed by atoms with E-state index >= 15 is 0 Å². The Kier molecular flexibility index (Phi) is 7.40. The summed E-state index contributed by atoms with van der Waals surface area (Å²) >= 11 is 0. The Morgan fingerprint density at radius 1 is 1.32 bits per heavy atom. The summed E-state index contributed by atoms with van der Waals surface area (Å²) in [5, 5.41) is 2.75. The van der Waals surface area contributed by atoms with Gasteiger partial charge in [-0.25, -0.2) is 0 Å². The maximum absolute atomic E-state index is 12.9. The molecule has 2 atom stereocenters. The number of benzene rings is 1. The van der Waals surface area contributed by atoms with Crippen molar-refractivity contribution in [2.24, 2.45) is 11.7 Å². The second kappa shape index (κ2) is 9.53. The van der Waals surface area contributed by atoms with Gasteiger partial charge in [0.05, 0.1) is 25.8 Å². The van der Waals surface area contributed by atoms with Gasteiger partial charge in [0.25, 0.3) is 0 Å². The lowest BCUT2D eigenvalue weighted by Crippen LogP contribution is -2.54. The Balaban J connectivity index is 1.91. The van der Waals surface area contributed by atoms with Crippen molar-refractivity contribution in [3.8, 4) is 0 Å². The van der Waals surface area contributed by atoms with Crippen molar-refractivity contribution in [1.82, 2.24) is 10.2 Å². The molecule has 0 bridgehead atoms. The number of nitrogens with zero attached hydrogens (tertiary/aromatic N) is 1. The Hall–Kier alpha value is -1.92. The molecule has 0 saturated carbocycles. The Morgan fingerprint density at radius 2 is 2.04 bits per heavy atom. The molecule has 0 spiro atoms. The number of likely N-dealkylation sites (tertiary alicyclic amines) is 1. The largest absolute Gasteiger partial charge is 0.375 e. The molecule has 138 valence electrons. The van der Waals surface area contributed by atoms with Gasteiger partial charge in [0, 0.05) is 6.54 Å². The highest BCUT2D eigenvalue weighted by atomic mass is 16.5. The summed E-state index contributed by atoms with van der Waals surface area (Å²) in [7, 11) is 0. The first kappa shape index (κ1) is 19.4. The fourth-order valence-corrected chi connectivity index (χ4v) is 3.11. The highest BCUT2D eigenvalue weighted by molar-refractivity contribution is 5.88. The molecule has 1 aliphatic heterocycles. The molecule has 0 radical (unpaired) electrons. The van der Waals surface area contributed by atoms with E-state index in [-0.39, 0.29) is 30.3 Å². The van der Waals surface area contributed by atoms with Gasteiger partial charge in [0.2, 0.25) is 11.8 Å². The molecule has 1 saturated heterocycles. The van der Waals surface area contributed by atoms with Gasteiger partial charge in [-0.3, -0.25) is 9.59 Å². The van der Waals surface area contributed by atoms with Crippen molar-refractivity contribution in [2.45, 2.75) is 45.4 Å². The van der Waals surface area contributed by atoms with Gasteiger partial charge in [0.15, 0.2) is 0 Å². The molecule has 0 aliphatic carbocycles. The minimum atomic E-state index is -0.536. The van der Waals surface area contributed by atoms with Gasteiger partial charge in [0.1, 0.15) is 6.04 Å².